The number of carbonyl (C=O) groups excluding carboxylic acids is 1. The Hall–Kier alpha value is -2.86. The van der Waals surface area contributed by atoms with Gasteiger partial charge in [0.15, 0.2) is 0 Å². The molecule has 29 heavy (non-hydrogen) atoms. The summed E-state index contributed by atoms with van der Waals surface area (Å²) in [6.07, 6.45) is 1.72. The van der Waals surface area contributed by atoms with Crippen molar-refractivity contribution >= 4 is 23.6 Å². The predicted molar refractivity (Wildman–Crippen MR) is 116 cm³/mol. The molecule has 2 aromatic rings. The van der Waals surface area contributed by atoms with Gasteiger partial charge >= 0.3 is 5.97 Å². The van der Waals surface area contributed by atoms with Gasteiger partial charge in [0.05, 0.1) is 6.04 Å². The smallest absolute Gasteiger partial charge is 0.328 e. The van der Waals surface area contributed by atoms with Gasteiger partial charge in [-0.15, -0.1) is 0 Å². The lowest BCUT2D eigenvalue weighted by Crippen LogP contribution is -2.40. The Morgan fingerprint density at radius 2 is 1.90 bits per heavy atom. The van der Waals surface area contributed by atoms with Gasteiger partial charge in [0, 0.05) is 24.0 Å². The fraction of sp³-hybridized carbons (Fsp3) is 0.391. The Balaban J connectivity index is 0.00000145. The monoisotopic (exact) mass is 398 g/mol. The number of aliphatic hydroxyl groups excluding tert-OH is 1. The minimum atomic E-state index is -1.05. The van der Waals surface area contributed by atoms with Gasteiger partial charge in [-0.25, -0.2) is 4.79 Å². The van der Waals surface area contributed by atoms with Crippen LogP contribution in [0.2, 0.25) is 0 Å². The number of carbonyl (C=O) groups is 2. The average Bonchev–Trinajstić information content (AvgIpc) is 2.67. The minimum absolute atomic E-state index is 0.0711. The van der Waals surface area contributed by atoms with E-state index in [0.29, 0.717) is 5.56 Å². The standard InChI is InChI=1S/C22H26N2O3.CH4O/c1-21(2)12-16-10-14(13-25)8-9-18(16)23-19(21)15-6-5-7-17(11-15)24-22(3,4)20(26)27;1-2/h5-11,13,19,23-24H,12H2,1-4H3,(H,26,27);2H,1H3. The second-order valence-electron chi connectivity index (χ2n) is 8.46. The fourth-order valence-corrected chi connectivity index (χ4v) is 3.66. The summed E-state index contributed by atoms with van der Waals surface area (Å²) in [5.41, 5.74) is 3.61. The van der Waals surface area contributed by atoms with Crippen LogP contribution >= 0.6 is 0 Å². The highest BCUT2D eigenvalue weighted by atomic mass is 16.4. The van der Waals surface area contributed by atoms with Crippen LogP contribution in [0.5, 0.6) is 0 Å². The summed E-state index contributed by atoms with van der Waals surface area (Å²) in [5.74, 6) is -0.899. The Morgan fingerprint density at radius 3 is 2.52 bits per heavy atom. The normalized spacial score (nSPS) is 17.1. The molecule has 1 aliphatic heterocycles. The summed E-state index contributed by atoms with van der Waals surface area (Å²) in [7, 11) is 1.00. The van der Waals surface area contributed by atoms with Crippen LogP contribution in [0.15, 0.2) is 42.5 Å². The van der Waals surface area contributed by atoms with Crippen LogP contribution in [0.25, 0.3) is 0 Å². The molecule has 156 valence electrons. The number of hydrogen-bond acceptors (Lipinski definition) is 5. The van der Waals surface area contributed by atoms with Gasteiger partial charge in [0.25, 0.3) is 0 Å². The zero-order chi connectivity index (χ0) is 21.8. The number of rotatable bonds is 5. The highest BCUT2D eigenvalue weighted by molar-refractivity contribution is 5.81. The van der Waals surface area contributed by atoms with E-state index in [1.54, 1.807) is 13.8 Å². The minimum Gasteiger partial charge on any atom is -0.480 e. The van der Waals surface area contributed by atoms with Crippen molar-refractivity contribution in [3.63, 3.8) is 0 Å². The van der Waals surface area contributed by atoms with Crippen molar-refractivity contribution in [2.75, 3.05) is 17.7 Å². The first kappa shape index (κ1) is 22.4. The largest absolute Gasteiger partial charge is 0.480 e. The summed E-state index contributed by atoms with van der Waals surface area (Å²) >= 11 is 0. The van der Waals surface area contributed by atoms with E-state index in [1.165, 1.54) is 0 Å². The third-order valence-electron chi connectivity index (χ3n) is 5.20. The quantitative estimate of drug-likeness (QED) is 0.566. The van der Waals surface area contributed by atoms with Crippen LogP contribution in [0.4, 0.5) is 11.4 Å². The van der Waals surface area contributed by atoms with Crippen LogP contribution in [0.3, 0.4) is 0 Å². The number of nitrogens with one attached hydrogen (secondary N) is 2. The Morgan fingerprint density at radius 1 is 1.21 bits per heavy atom. The average molecular weight is 399 g/mol. The summed E-state index contributed by atoms with van der Waals surface area (Å²) in [6, 6.07) is 13.7. The molecule has 3 rings (SSSR count). The zero-order valence-electron chi connectivity index (χ0n) is 17.6. The number of carboxylic acids is 1. The number of aliphatic hydroxyl groups is 1. The molecule has 0 fully saturated rings. The predicted octanol–water partition coefficient (Wildman–Crippen LogP) is 4.12. The van der Waals surface area contributed by atoms with Crippen LogP contribution < -0.4 is 10.6 Å². The number of hydrogen-bond donors (Lipinski definition) is 4. The molecule has 6 heteroatoms. The van der Waals surface area contributed by atoms with Crippen molar-refractivity contribution in [3.05, 3.63) is 59.2 Å². The molecule has 4 N–H and O–H groups in total. The maximum Gasteiger partial charge on any atom is 0.328 e. The summed E-state index contributed by atoms with van der Waals surface area (Å²) in [5, 5.41) is 23.1. The van der Waals surface area contributed by atoms with E-state index in [-0.39, 0.29) is 11.5 Å². The lowest BCUT2D eigenvalue weighted by molar-refractivity contribution is -0.141. The van der Waals surface area contributed by atoms with Gasteiger partial charge in [0.2, 0.25) is 0 Å². The second kappa shape index (κ2) is 8.66. The number of anilines is 2. The molecular weight excluding hydrogens is 368 g/mol. The molecule has 0 spiro atoms. The van der Waals surface area contributed by atoms with Crippen molar-refractivity contribution in [2.45, 2.75) is 45.7 Å². The lowest BCUT2D eigenvalue weighted by Gasteiger charge is -2.41. The highest BCUT2D eigenvalue weighted by Gasteiger charge is 2.36. The Kier molecular flexibility index (Phi) is 6.69. The second-order valence-corrected chi connectivity index (χ2v) is 8.46. The molecule has 0 bridgehead atoms. The van der Waals surface area contributed by atoms with E-state index in [0.717, 1.165) is 42.3 Å². The molecule has 0 radical (unpaired) electrons. The van der Waals surface area contributed by atoms with Crippen LogP contribution in [-0.2, 0) is 11.2 Å². The van der Waals surface area contributed by atoms with E-state index in [4.69, 9.17) is 5.11 Å². The van der Waals surface area contributed by atoms with E-state index >= 15 is 0 Å². The van der Waals surface area contributed by atoms with E-state index < -0.39 is 11.5 Å². The molecule has 0 saturated carbocycles. The van der Waals surface area contributed by atoms with E-state index in [9.17, 15) is 14.7 Å². The molecule has 1 atom stereocenters. The van der Waals surface area contributed by atoms with Gasteiger partial charge in [-0.1, -0.05) is 26.0 Å². The van der Waals surface area contributed by atoms with Gasteiger partial charge in [-0.2, -0.15) is 0 Å². The molecule has 0 amide bonds. The van der Waals surface area contributed by atoms with Gasteiger partial charge in [-0.3, -0.25) is 4.79 Å². The molecule has 1 unspecified atom stereocenters. The molecule has 0 aliphatic carbocycles. The van der Waals surface area contributed by atoms with Crippen molar-refractivity contribution in [1.82, 2.24) is 0 Å². The van der Waals surface area contributed by atoms with Gasteiger partial charge in [0.1, 0.15) is 11.8 Å². The highest BCUT2D eigenvalue weighted by Crippen LogP contribution is 2.45. The molecular formula is C23H30N2O4. The maximum atomic E-state index is 11.4. The third kappa shape index (κ3) is 4.95. The summed E-state index contributed by atoms with van der Waals surface area (Å²) in [6.45, 7) is 7.68. The molecule has 1 heterocycles. The van der Waals surface area contributed by atoms with Crippen LogP contribution in [-0.4, -0.2) is 35.1 Å². The lowest BCUT2D eigenvalue weighted by atomic mass is 9.72. The Labute approximate surface area is 172 Å². The molecule has 6 nitrogen and oxygen atoms in total. The molecule has 0 aromatic heterocycles. The van der Waals surface area contributed by atoms with Crippen molar-refractivity contribution in [2.24, 2.45) is 5.41 Å². The first-order valence-electron chi connectivity index (χ1n) is 9.53. The Bertz CT molecular complexity index is 890. The van der Waals surface area contributed by atoms with Gasteiger partial charge < -0.3 is 20.8 Å². The molecule has 2 aromatic carbocycles. The first-order valence-corrected chi connectivity index (χ1v) is 9.53. The third-order valence-corrected chi connectivity index (χ3v) is 5.20. The van der Waals surface area contributed by atoms with Crippen LogP contribution in [0, 0.1) is 5.41 Å². The topological polar surface area (TPSA) is 98.7 Å². The van der Waals surface area contributed by atoms with Crippen molar-refractivity contribution < 1.29 is 19.8 Å². The first-order chi connectivity index (χ1) is 13.6. The number of carboxylic acid groups (broad SMARTS) is 1. The van der Waals surface area contributed by atoms with E-state index in [1.807, 2.05) is 36.4 Å². The number of benzene rings is 2. The van der Waals surface area contributed by atoms with E-state index in [2.05, 4.69) is 30.5 Å². The SMILES string of the molecule is CC(C)(Nc1cccc(C2Nc3ccc(C=O)cc3CC2(C)C)c1)C(=O)O.CO. The van der Waals surface area contributed by atoms with Crippen LogP contribution in [0.1, 0.15) is 55.2 Å². The van der Waals surface area contributed by atoms with Gasteiger partial charge in [-0.05, 0) is 67.1 Å². The number of aldehydes is 1. The maximum absolute atomic E-state index is 11.4. The number of aliphatic carboxylic acids is 1. The molecule has 0 saturated heterocycles. The molecule has 1 aliphatic rings. The summed E-state index contributed by atoms with van der Waals surface area (Å²) in [4.78, 5) is 22.5. The zero-order valence-corrected chi connectivity index (χ0v) is 17.6. The number of fused-ring (bicyclic) bond motifs is 1. The summed E-state index contributed by atoms with van der Waals surface area (Å²) < 4.78 is 0. The van der Waals surface area contributed by atoms with Crippen molar-refractivity contribution in [1.29, 1.82) is 0 Å². The fourth-order valence-electron chi connectivity index (χ4n) is 3.66. The van der Waals surface area contributed by atoms with Crippen molar-refractivity contribution in [3.8, 4) is 0 Å².